The highest BCUT2D eigenvalue weighted by molar-refractivity contribution is 5.98. The fourth-order valence-corrected chi connectivity index (χ4v) is 2.51. The lowest BCUT2D eigenvalue weighted by molar-refractivity contribution is 0.0894. The minimum Gasteiger partial charge on any atom is -0.494 e. The number of hydrogen-bond donors (Lipinski definition) is 0. The SMILES string of the molecule is CCCCCOc1ccc(C(=O)C2CC[N]CC2)cc1. The largest absolute Gasteiger partial charge is 0.494 e. The van der Waals surface area contributed by atoms with Crippen molar-refractivity contribution in [3.8, 4) is 5.75 Å². The Hall–Kier alpha value is -1.35. The molecular formula is C17H24NO2. The number of carbonyl (C=O) groups excluding carboxylic acids is 1. The topological polar surface area (TPSA) is 40.4 Å². The zero-order valence-corrected chi connectivity index (χ0v) is 12.3. The molecule has 3 nitrogen and oxygen atoms in total. The van der Waals surface area contributed by atoms with Gasteiger partial charge in [-0.3, -0.25) is 4.79 Å². The molecule has 2 rings (SSSR count). The van der Waals surface area contributed by atoms with Crippen LogP contribution in [-0.2, 0) is 0 Å². The molecule has 109 valence electrons. The highest BCUT2D eigenvalue weighted by Crippen LogP contribution is 2.20. The number of benzene rings is 1. The maximum Gasteiger partial charge on any atom is 0.166 e. The van der Waals surface area contributed by atoms with Crippen molar-refractivity contribution >= 4 is 5.78 Å². The molecule has 0 amide bonds. The van der Waals surface area contributed by atoms with Crippen LogP contribution in [0.4, 0.5) is 0 Å². The first-order valence-corrected chi connectivity index (χ1v) is 7.71. The summed E-state index contributed by atoms with van der Waals surface area (Å²) in [7, 11) is 0. The highest BCUT2D eigenvalue weighted by atomic mass is 16.5. The third-order valence-corrected chi connectivity index (χ3v) is 3.80. The second kappa shape index (κ2) is 8.05. The van der Waals surface area contributed by atoms with Gasteiger partial charge in [-0.1, -0.05) is 19.8 Å². The van der Waals surface area contributed by atoms with Crippen molar-refractivity contribution in [2.75, 3.05) is 19.7 Å². The van der Waals surface area contributed by atoms with Gasteiger partial charge in [0.05, 0.1) is 6.61 Å². The predicted octanol–water partition coefficient (Wildman–Crippen LogP) is 3.45. The van der Waals surface area contributed by atoms with Crippen molar-refractivity contribution in [2.45, 2.75) is 39.0 Å². The fraction of sp³-hybridized carbons (Fsp3) is 0.588. The summed E-state index contributed by atoms with van der Waals surface area (Å²) in [6, 6.07) is 7.60. The molecule has 20 heavy (non-hydrogen) atoms. The molecule has 1 radical (unpaired) electrons. The molecule has 0 aromatic heterocycles. The van der Waals surface area contributed by atoms with Gasteiger partial charge in [0.25, 0.3) is 0 Å². The van der Waals surface area contributed by atoms with Crippen LogP contribution < -0.4 is 10.1 Å². The monoisotopic (exact) mass is 274 g/mol. The Morgan fingerprint density at radius 1 is 1.20 bits per heavy atom. The number of nitrogens with zero attached hydrogens (tertiary/aromatic N) is 1. The summed E-state index contributed by atoms with van der Waals surface area (Å²) in [5.74, 6) is 1.28. The van der Waals surface area contributed by atoms with Crippen LogP contribution in [0.15, 0.2) is 24.3 Å². The average Bonchev–Trinajstić information content (AvgIpc) is 2.52. The van der Waals surface area contributed by atoms with Gasteiger partial charge in [-0.25, -0.2) is 5.32 Å². The molecule has 1 aromatic rings. The summed E-state index contributed by atoms with van der Waals surface area (Å²) < 4.78 is 5.66. The molecule has 0 spiro atoms. The quantitative estimate of drug-likeness (QED) is 0.564. The number of hydrogen-bond acceptors (Lipinski definition) is 2. The van der Waals surface area contributed by atoms with Gasteiger partial charge < -0.3 is 4.74 Å². The van der Waals surface area contributed by atoms with Gasteiger partial charge in [0.2, 0.25) is 0 Å². The Morgan fingerprint density at radius 2 is 1.90 bits per heavy atom. The summed E-state index contributed by atoms with van der Waals surface area (Å²) in [5, 5.41) is 4.29. The summed E-state index contributed by atoms with van der Waals surface area (Å²) in [4.78, 5) is 12.3. The van der Waals surface area contributed by atoms with Crippen molar-refractivity contribution in [1.29, 1.82) is 0 Å². The van der Waals surface area contributed by atoms with E-state index >= 15 is 0 Å². The van der Waals surface area contributed by atoms with Crippen molar-refractivity contribution < 1.29 is 9.53 Å². The lowest BCUT2D eigenvalue weighted by Gasteiger charge is -2.20. The van der Waals surface area contributed by atoms with Crippen LogP contribution in [0.5, 0.6) is 5.75 Å². The van der Waals surface area contributed by atoms with Crippen LogP contribution in [0.25, 0.3) is 0 Å². The molecule has 0 saturated carbocycles. The van der Waals surface area contributed by atoms with Gasteiger partial charge in [-0.05, 0) is 43.5 Å². The standard InChI is InChI=1S/C17H24NO2/c1-2-3-4-13-20-16-7-5-14(6-8-16)17(19)15-9-11-18-12-10-15/h5-8,15H,2-4,9-13H2,1H3. The van der Waals surface area contributed by atoms with Crippen LogP contribution in [0, 0.1) is 5.92 Å². The van der Waals surface area contributed by atoms with Crippen LogP contribution in [0.3, 0.4) is 0 Å². The van der Waals surface area contributed by atoms with E-state index in [4.69, 9.17) is 4.74 Å². The minimum absolute atomic E-state index is 0.156. The molecule has 1 aliphatic rings. The Kier molecular flexibility index (Phi) is 6.06. The summed E-state index contributed by atoms with van der Waals surface area (Å²) in [6.45, 7) is 4.59. The lowest BCUT2D eigenvalue weighted by Crippen LogP contribution is -2.27. The van der Waals surface area contributed by atoms with E-state index in [0.717, 1.165) is 50.3 Å². The normalized spacial score (nSPS) is 16.1. The summed E-state index contributed by atoms with van der Waals surface area (Å²) in [6.07, 6.45) is 5.28. The van der Waals surface area contributed by atoms with E-state index in [-0.39, 0.29) is 11.7 Å². The number of rotatable bonds is 7. The van der Waals surface area contributed by atoms with Crippen molar-refractivity contribution in [3.63, 3.8) is 0 Å². The van der Waals surface area contributed by atoms with E-state index in [1.165, 1.54) is 12.8 Å². The molecule has 0 atom stereocenters. The molecule has 3 heteroatoms. The van der Waals surface area contributed by atoms with Crippen LogP contribution >= 0.6 is 0 Å². The zero-order valence-electron chi connectivity index (χ0n) is 12.3. The number of piperidine rings is 1. The smallest absolute Gasteiger partial charge is 0.166 e. The summed E-state index contributed by atoms with van der Waals surface area (Å²) in [5.41, 5.74) is 0.804. The Bertz CT molecular complexity index is 408. The Labute approximate surface area is 121 Å². The molecule has 1 aliphatic heterocycles. The number of carbonyl (C=O) groups is 1. The Morgan fingerprint density at radius 3 is 2.55 bits per heavy atom. The molecule has 0 bridgehead atoms. The molecule has 1 fully saturated rings. The second-order valence-electron chi connectivity index (χ2n) is 5.39. The predicted molar refractivity (Wildman–Crippen MR) is 80.4 cm³/mol. The molecule has 1 saturated heterocycles. The molecule has 1 heterocycles. The number of Topliss-reactive ketones (excluding diaryl/α,β-unsaturated/α-hetero) is 1. The van der Waals surface area contributed by atoms with E-state index in [2.05, 4.69) is 12.2 Å². The van der Waals surface area contributed by atoms with Gasteiger partial charge >= 0.3 is 0 Å². The van der Waals surface area contributed by atoms with Gasteiger partial charge in [0.15, 0.2) is 5.78 Å². The van der Waals surface area contributed by atoms with Gasteiger partial charge in [0.1, 0.15) is 5.75 Å². The highest BCUT2D eigenvalue weighted by Gasteiger charge is 2.22. The van der Waals surface area contributed by atoms with Crippen molar-refractivity contribution in [3.05, 3.63) is 29.8 Å². The first-order valence-electron chi connectivity index (χ1n) is 7.71. The number of ketones is 1. The first kappa shape index (κ1) is 15.0. The van der Waals surface area contributed by atoms with Gasteiger partial charge in [-0.2, -0.15) is 0 Å². The van der Waals surface area contributed by atoms with E-state index < -0.39 is 0 Å². The molecule has 1 aromatic carbocycles. The van der Waals surface area contributed by atoms with Crippen molar-refractivity contribution in [1.82, 2.24) is 5.32 Å². The average molecular weight is 274 g/mol. The van der Waals surface area contributed by atoms with Crippen molar-refractivity contribution in [2.24, 2.45) is 5.92 Å². The molecule has 0 N–H and O–H groups in total. The summed E-state index contributed by atoms with van der Waals surface area (Å²) >= 11 is 0. The molecule has 0 unspecified atom stereocenters. The number of ether oxygens (including phenoxy) is 1. The van der Waals surface area contributed by atoms with Crippen LogP contribution in [-0.4, -0.2) is 25.5 Å². The minimum atomic E-state index is 0.156. The van der Waals surface area contributed by atoms with E-state index in [1.807, 2.05) is 24.3 Å². The third-order valence-electron chi connectivity index (χ3n) is 3.80. The van der Waals surface area contributed by atoms with E-state index in [9.17, 15) is 4.79 Å². The second-order valence-corrected chi connectivity index (χ2v) is 5.39. The van der Waals surface area contributed by atoms with Crippen LogP contribution in [0.2, 0.25) is 0 Å². The lowest BCUT2D eigenvalue weighted by atomic mass is 9.90. The maximum atomic E-state index is 12.3. The fourth-order valence-electron chi connectivity index (χ4n) is 2.51. The maximum absolute atomic E-state index is 12.3. The first-order chi connectivity index (χ1) is 9.81. The molecule has 0 aliphatic carbocycles. The zero-order chi connectivity index (χ0) is 14.2. The van der Waals surface area contributed by atoms with Gasteiger partial charge in [0, 0.05) is 24.6 Å². The van der Waals surface area contributed by atoms with Crippen LogP contribution in [0.1, 0.15) is 49.4 Å². The Balaban J connectivity index is 1.85. The van der Waals surface area contributed by atoms with Gasteiger partial charge in [-0.15, -0.1) is 0 Å². The van der Waals surface area contributed by atoms with E-state index in [0.29, 0.717) is 0 Å². The number of unbranched alkanes of at least 4 members (excludes halogenated alkanes) is 2. The third kappa shape index (κ3) is 4.34. The molecular weight excluding hydrogens is 250 g/mol. The van der Waals surface area contributed by atoms with E-state index in [1.54, 1.807) is 0 Å².